The summed E-state index contributed by atoms with van der Waals surface area (Å²) < 4.78 is 23.4. The largest absolute Gasteiger partial charge is 0.507 e. The number of ether oxygens (including phenoxy) is 4. The van der Waals surface area contributed by atoms with Gasteiger partial charge in [0.25, 0.3) is 0 Å². The van der Waals surface area contributed by atoms with E-state index in [4.69, 9.17) is 18.9 Å². The molecule has 2 aromatic carbocycles. The molecule has 2 aromatic rings. The lowest BCUT2D eigenvalue weighted by atomic mass is 9.72. The van der Waals surface area contributed by atoms with Crippen LogP contribution in [-0.2, 0) is 30.2 Å². The number of phenolic OH excluding ortho intramolecular Hbond substituents is 2. The van der Waals surface area contributed by atoms with E-state index in [-0.39, 0.29) is 40.3 Å². The van der Waals surface area contributed by atoms with Gasteiger partial charge in [-0.1, -0.05) is 25.1 Å². The fourth-order valence-corrected chi connectivity index (χ4v) is 9.22. The normalized spacial score (nSPS) is 31.1. The Morgan fingerprint density at radius 3 is 2.43 bits per heavy atom. The number of rotatable bonds is 8. The predicted molar refractivity (Wildman–Crippen MR) is 211 cm³/mol. The standard InChI is InChI=1S/C43H53N3O14/c1-22-35(49)26(44-41(55)59-23-8-5-6-12-42(2,13-11-23)40(54)46-16-14-45(3)15-17-46)18-30(58-22)60-28-20-43(56,29(48)21-47)19-25-32(28)39(53)34-33(37(25)51)36(50)24-9-7-10-27(57-4)31(24)38(34)52/h5,7-10,22-23,26,28,30,35,47,49,51,53,56H,6,11-21H2,1-4H3,(H,44,55)/b8-5+/t22?,23-,26-,28+,30+,35?,42+,43+/m1/s1. The summed E-state index contributed by atoms with van der Waals surface area (Å²) in [5.74, 6) is -4.00. The van der Waals surface area contributed by atoms with Crippen LogP contribution in [0.1, 0.15) is 101 Å². The zero-order valence-corrected chi connectivity index (χ0v) is 34.1. The number of ketones is 3. The minimum absolute atomic E-state index is 0.0596. The van der Waals surface area contributed by atoms with Crippen LogP contribution in [0.4, 0.5) is 4.79 Å². The molecule has 7 rings (SSSR count). The van der Waals surface area contributed by atoms with Crippen molar-refractivity contribution in [1.82, 2.24) is 15.1 Å². The zero-order valence-electron chi connectivity index (χ0n) is 34.1. The van der Waals surface area contributed by atoms with Crippen molar-refractivity contribution in [3.05, 3.63) is 63.7 Å². The Morgan fingerprint density at radius 1 is 1.02 bits per heavy atom. The summed E-state index contributed by atoms with van der Waals surface area (Å²) in [6.45, 7) is 5.33. The second-order valence-corrected chi connectivity index (χ2v) is 16.9. The van der Waals surface area contributed by atoms with Gasteiger partial charge in [-0.15, -0.1) is 0 Å². The van der Waals surface area contributed by atoms with Crippen LogP contribution in [0, 0.1) is 5.41 Å². The number of hydrogen-bond acceptors (Lipinski definition) is 15. The van der Waals surface area contributed by atoms with Gasteiger partial charge in [0.15, 0.2) is 17.9 Å². The molecule has 2 heterocycles. The van der Waals surface area contributed by atoms with Crippen LogP contribution in [0.2, 0.25) is 0 Å². The molecule has 17 heteroatoms. The Kier molecular flexibility index (Phi) is 12.1. The number of likely N-dealkylation sites (N-methyl/N-ethyl adjacent to an activating group) is 1. The van der Waals surface area contributed by atoms with E-state index >= 15 is 0 Å². The van der Waals surface area contributed by atoms with Gasteiger partial charge in [0.1, 0.15) is 41.7 Å². The molecular formula is C43H53N3O14. The van der Waals surface area contributed by atoms with E-state index in [2.05, 4.69) is 10.2 Å². The monoisotopic (exact) mass is 835 g/mol. The number of piperazine rings is 1. The van der Waals surface area contributed by atoms with Gasteiger partial charge in [0.2, 0.25) is 11.7 Å². The van der Waals surface area contributed by atoms with Crippen LogP contribution < -0.4 is 10.1 Å². The first-order chi connectivity index (χ1) is 28.5. The zero-order chi connectivity index (χ0) is 43.3. The number of fused-ring (bicyclic) bond motifs is 3. The van der Waals surface area contributed by atoms with E-state index in [0.29, 0.717) is 38.8 Å². The van der Waals surface area contributed by atoms with Crippen molar-refractivity contribution >= 4 is 29.4 Å². The number of methoxy groups -OCH3 is 1. The molecule has 2 fully saturated rings. The molecule has 60 heavy (non-hydrogen) atoms. The molecule has 2 aliphatic heterocycles. The Hall–Kier alpha value is -4.91. The molecule has 8 atom stereocenters. The molecule has 0 bridgehead atoms. The van der Waals surface area contributed by atoms with Gasteiger partial charge in [-0.25, -0.2) is 4.79 Å². The van der Waals surface area contributed by atoms with Gasteiger partial charge >= 0.3 is 6.09 Å². The summed E-state index contributed by atoms with van der Waals surface area (Å²) in [4.78, 5) is 72.0. The number of allylic oxidation sites excluding steroid dienone is 1. The summed E-state index contributed by atoms with van der Waals surface area (Å²) in [6.07, 6.45) is -2.03. The number of alkyl carbamates (subject to hydrolysis) is 1. The van der Waals surface area contributed by atoms with Crippen LogP contribution >= 0.6 is 0 Å². The number of phenols is 2. The van der Waals surface area contributed by atoms with E-state index in [1.165, 1.54) is 32.2 Å². The molecule has 0 radical (unpaired) electrons. The van der Waals surface area contributed by atoms with Crippen molar-refractivity contribution in [1.29, 1.82) is 0 Å². The van der Waals surface area contributed by atoms with Crippen LogP contribution in [0.3, 0.4) is 0 Å². The van der Waals surface area contributed by atoms with Crippen LogP contribution in [0.15, 0.2) is 30.4 Å². The van der Waals surface area contributed by atoms with Crippen molar-refractivity contribution in [2.45, 2.75) is 101 Å². The fraction of sp³-hybridized carbons (Fsp3) is 0.558. The summed E-state index contributed by atoms with van der Waals surface area (Å²) in [5.41, 5.74) is -4.71. The van der Waals surface area contributed by atoms with Gasteiger partial charge in [0, 0.05) is 67.5 Å². The van der Waals surface area contributed by atoms with Crippen molar-refractivity contribution in [2.75, 3.05) is 46.9 Å². The predicted octanol–water partition coefficient (Wildman–Crippen LogP) is 2.05. The van der Waals surface area contributed by atoms with E-state index in [1.54, 1.807) is 6.08 Å². The third-order valence-corrected chi connectivity index (χ3v) is 12.8. The van der Waals surface area contributed by atoms with Gasteiger partial charge in [-0.2, -0.15) is 0 Å². The SMILES string of the molecule is COc1cccc2c1C(=O)c1c(O)c3c(c(O)c1C2=O)C[C@@](O)(C(=O)CO)C[C@@H]3O[C@H]1C[C@@H](NC(=O)O[C@@H]2/C=C/CC[C@](C)(C(=O)N3CCN(C)CC3)CC2)C(O)C(C)O1. The molecule has 0 saturated carbocycles. The van der Waals surface area contributed by atoms with E-state index < -0.39 is 113 Å². The number of benzene rings is 2. The highest BCUT2D eigenvalue weighted by molar-refractivity contribution is 6.31. The molecule has 5 aliphatic rings. The molecule has 2 saturated heterocycles. The van der Waals surface area contributed by atoms with Gasteiger partial charge in [0.05, 0.1) is 42.0 Å². The molecule has 3 aliphatic carbocycles. The maximum absolute atomic E-state index is 14.0. The number of carbonyl (C=O) groups excluding carboxylic acids is 5. The molecule has 2 amide bonds. The van der Waals surface area contributed by atoms with E-state index in [1.807, 2.05) is 24.9 Å². The van der Waals surface area contributed by atoms with E-state index in [0.717, 1.165) is 13.1 Å². The molecule has 324 valence electrons. The summed E-state index contributed by atoms with van der Waals surface area (Å²) in [6, 6.07) is 3.31. The highest BCUT2D eigenvalue weighted by atomic mass is 16.7. The number of aromatic hydroxyl groups is 2. The Balaban J connectivity index is 1.10. The number of aliphatic hydroxyl groups is 3. The number of hydrogen-bond donors (Lipinski definition) is 6. The lowest BCUT2D eigenvalue weighted by molar-refractivity contribution is -0.249. The minimum Gasteiger partial charge on any atom is -0.507 e. The van der Waals surface area contributed by atoms with E-state index in [9.17, 15) is 49.5 Å². The Labute approximate surface area is 346 Å². The topological polar surface area (TPSA) is 242 Å². The van der Waals surface area contributed by atoms with Gasteiger partial charge in [-0.3, -0.25) is 19.2 Å². The smallest absolute Gasteiger partial charge is 0.408 e. The first-order valence-corrected chi connectivity index (χ1v) is 20.3. The number of aliphatic hydroxyl groups excluding tert-OH is 2. The molecule has 0 spiro atoms. The Bertz CT molecular complexity index is 2100. The second-order valence-electron chi connectivity index (χ2n) is 16.9. The maximum atomic E-state index is 14.0. The van der Waals surface area contributed by atoms with Crippen molar-refractivity contribution in [3.63, 3.8) is 0 Å². The number of nitrogens with zero attached hydrogens (tertiary/aromatic N) is 2. The van der Waals surface area contributed by atoms with Crippen molar-refractivity contribution < 1.29 is 68.5 Å². The highest BCUT2D eigenvalue weighted by Gasteiger charge is 2.50. The van der Waals surface area contributed by atoms with Crippen LogP contribution in [0.25, 0.3) is 0 Å². The second kappa shape index (κ2) is 16.9. The summed E-state index contributed by atoms with van der Waals surface area (Å²) in [5, 5.41) is 58.7. The highest BCUT2D eigenvalue weighted by Crippen LogP contribution is 2.52. The molecule has 6 N–H and O–H groups in total. The average molecular weight is 836 g/mol. The number of nitrogens with one attached hydrogen (secondary N) is 1. The molecule has 2 unspecified atom stereocenters. The molecule has 0 aromatic heterocycles. The quantitative estimate of drug-likeness (QED) is 0.141. The summed E-state index contributed by atoms with van der Waals surface area (Å²) >= 11 is 0. The first kappa shape index (κ1) is 43.2. The third kappa shape index (κ3) is 7.89. The lowest BCUT2D eigenvalue weighted by Crippen LogP contribution is -2.56. The first-order valence-electron chi connectivity index (χ1n) is 20.3. The molecular weight excluding hydrogens is 782 g/mol. The fourth-order valence-electron chi connectivity index (χ4n) is 9.22. The van der Waals surface area contributed by atoms with Crippen molar-refractivity contribution in [3.8, 4) is 17.2 Å². The van der Waals surface area contributed by atoms with Crippen LogP contribution in [0.5, 0.6) is 17.2 Å². The van der Waals surface area contributed by atoms with Crippen LogP contribution in [-0.4, -0.2) is 148 Å². The van der Waals surface area contributed by atoms with Crippen molar-refractivity contribution in [2.24, 2.45) is 5.41 Å². The average Bonchev–Trinajstić information content (AvgIpc) is 3.22. The Morgan fingerprint density at radius 2 is 1.73 bits per heavy atom. The maximum Gasteiger partial charge on any atom is 0.408 e. The number of Topliss-reactive ketones (excluding diaryl/α,β-unsaturated/α-hetero) is 1. The lowest BCUT2D eigenvalue weighted by Gasteiger charge is -2.42. The van der Waals surface area contributed by atoms with Gasteiger partial charge in [-0.05, 0) is 51.8 Å². The summed E-state index contributed by atoms with van der Waals surface area (Å²) in [7, 11) is 3.34. The third-order valence-electron chi connectivity index (χ3n) is 12.8. The van der Waals surface area contributed by atoms with Gasteiger partial charge < -0.3 is 59.6 Å². The number of carbonyl (C=O) groups is 5. The molecule has 17 nitrogen and oxygen atoms in total. The number of amides is 2. The minimum atomic E-state index is -2.36.